The van der Waals surface area contributed by atoms with Crippen molar-refractivity contribution in [1.82, 2.24) is 24.8 Å². The molecule has 3 aromatic rings. The Kier molecular flexibility index (Phi) is 6.39. The molecule has 0 saturated carbocycles. The normalized spacial score (nSPS) is 11.1. The van der Waals surface area contributed by atoms with Crippen LogP contribution >= 0.6 is 11.8 Å². The fourth-order valence-electron chi connectivity index (χ4n) is 2.77. The second-order valence-corrected chi connectivity index (χ2v) is 7.56. The van der Waals surface area contributed by atoms with E-state index in [0.717, 1.165) is 46.5 Å². The molecule has 0 bridgehead atoms. The number of hydrogen-bond donors (Lipinski definition) is 2. The average molecular weight is 397 g/mol. The van der Waals surface area contributed by atoms with Gasteiger partial charge in [-0.05, 0) is 31.2 Å². The Balaban J connectivity index is 1.97. The molecule has 0 atom stereocenters. The molecule has 0 radical (unpaired) electrons. The highest BCUT2D eigenvalue weighted by Crippen LogP contribution is 2.34. The van der Waals surface area contributed by atoms with Crippen molar-refractivity contribution in [2.75, 3.05) is 19.4 Å². The highest BCUT2D eigenvalue weighted by atomic mass is 32.2. The van der Waals surface area contributed by atoms with Gasteiger partial charge in [-0.3, -0.25) is 0 Å². The van der Waals surface area contributed by atoms with Crippen LogP contribution in [0.5, 0.6) is 5.75 Å². The molecule has 146 valence electrons. The number of fused-ring (bicyclic) bond motifs is 1. The van der Waals surface area contributed by atoms with E-state index in [1.54, 1.807) is 7.11 Å². The fraction of sp³-hybridized carbons (Fsp3) is 0.350. The quantitative estimate of drug-likeness (QED) is 0.447. The third-order valence-electron chi connectivity index (χ3n) is 4.18. The van der Waals surface area contributed by atoms with Crippen LogP contribution in [0.4, 0.5) is 5.82 Å². The van der Waals surface area contributed by atoms with Crippen molar-refractivity contribution in [3.05, 3.63) is 30.1 Å². The molecule has 2 heterocycles. The molecular formula is C20H24N6OS. The highest BCUT2D eigenvalue weighted by Gasteiger charge is 2.17. The summed E-state index contributed by atoms with van der Waals surface area (Å²) in [6.45, 7) is 5.92. The Morgan fingerprint density at radius 1 is 1.36 bits per heavy atom. The molecular weight excluding hydrogens is 372 g/mol. The minimum atomic E-state index is 0.369. The molecule has 0 aliphatic rings. The fourth-order valence-corrected chi connectivity index (χ4v) is 3.81. The van der Waals surface area contributed by atoms with Crippen LogP contribution < -0.4 is 15.8 Å². The smallest absolute Gasteiger partial charge is 0.175 e. The SMILES string of the molecule is C#Cc1ccc(OC)cc1Sc1nc2c(N)ncnc2n1CCCNC(C)C. The van der Waals surface area contributed by atoms with Gasteiger partial charge in [-0.25, -0.2) is 15.0 Å². The van der Waals surface area contributed by atoms with Crippen molar-refractivity contribution in [3.63, 3.8) is 0 Å². The predicted octanol–water partition coefficient (Wildman–Crippen LogP) is 2.94. The summed E-state index contributed by atoms with van der Waals surface area (Å²) in [7, 11) is 1.63. The Hall–Kier alpha value is -2.76. The molecule has 0 unspecified atom stereocenters. The number of nitrogens with two attached hydrogens (primary N) is 1. The average Bonchev–Trinajstić information content (AvgIpc) is 3.03. The van der Waals surface area contributed by atoms with E-state index >= 15 is 0 Å². The van der Waals surface area contributed by atoms with E-state index in [2.05, 4.69) is 39.6 Å². The van der Waals surface area contributed by atoms with Gasteiger partial charge < -0.3 is 20.4 Å². The van der Waals surface area contributed by atoms with E-state index in [9.17, 15) is 0 Å². The molecule has 7 nitrogen and oxygen atoms in total. The third kappa shape index (κ3) is 4.38. The van der Waals surface area contributed by atoms with Crippen LogP contribution in [0.1, 0.15) is 25.8 Å². The van der Waals surface area contributed by atoms with Crippen LogP contribution in [0.25, 0.3) is 11.2 Å². The summed E-state index contributed by atoms with van der Waals surface area (Å²) in [6.07, 6.45) is 8.08. The molecule has 2 aromatic heterocycles. The van der Waals surface area contributed by atoms with Gasteiger partial charge in [0.1, 0.15) is 12.1 Å². The number of benzene rings is 1. The Morgan fingerprint density at radius 2 is 2.18 bits per heavy atom. The molecule has 3 rings (SSSR count). The molecule has 0 fully saturated rings. The Morgan fingerprint density at radius 3 is 2.89 bits per heavy atom. The zero-order valence-corrected chi connectivity index (χ0v) is 17.1. The topological polar surface area (TPSA) is 90.9 Å². The van der Waals surface area contributed by atoms with Gasteiger partial charge in [0.05, 0.1) is 7.11 Å². The lowest BCUT2D eigenvalue weighted by Gasteiger charge is -2.11. The number of imidazole rings is 1. The van der Waals surface area contributed by atoms with Crippen LogP contribution in [0.15, 0.2) is 34.6 Å². The van der Waals surface area contributed by atoms with Crippen LogP contribution in [-0.2, 0) is 6.54 Å². The van der Waals surface area contributed by atoms with Crippen LogP contribution in [0, 0.1) is 12.3 Å². The van der Waals surface area contributed by atoms with Gasteiger partial charge in [-0.2, -0.15) is 0 Å². The van der Waals surface area contributed by atoms with Crippen LogP contribution in [0.2, 0.25) is 0 Å². The summed E-state index contributed by atoms with van der Waals surface area (Å²) in [5, 5.41) is 4.20. The maximum Gasteiger partial charge on any atom is 0.175 e. The number of rotatable bonds is 8. The maximum atomic E-state index is 6.03. The van der Waals surface area contributed by atoms with E-state index in [1.807, 2.05) is 18.2 Å². The first kappa shape index (κ1) is 20.0. The Bertz CT molecular complexity index is 1010. The second kappa shape index (κ2) is 8.95. The monoisotopic (exact) mass is 396 g/mol. The van der Waals surface area contributed by atoms with Crippen molar-refractivity contribution in [3.8, 4) is 18.1 Å². The van der Waals surface area contributed by atoms with Crippen LogP contribution in [0.3, 0.4) is 0 Å². The van der Waals surface area contributed by atoms with Crippen molar-refractivity contribution in [1.29, 1.82) is 0 Å². The number of terminal acetylenes is 1. The first-order valence-corrected chi connectivity index (χ1v) is 9.87. The number of nitrogen functional groups attached to an aromatic ring is 1. The summed E-state index contributed by atoms with van der Waals surface area (Å²) in [4.78, 5) is 14.1. The number of nitrogens with one attached hydrogen (secondary N) is 1. The van der Waals surface area contributed by atoms with E-state index < -0.39 is 0 Å². The number of anilines is 1. The summed E-state index contributed by atoms with van der Waals surface area (Å²) < 4.78 is 7.41. The molecule has 1 aromatic carbocycles. The first-order chi connectivity index (χ1) is 13.5. The Labute approximate surface area is 169 Å². The van der Waals surface area contributed by atoms with Gasteiger partial charge in [-0.15, -0.1) is 6.42 Å². The minimum Gasteiger partial charge on any atom is -0.497 e. The molecule has 0 spiro atoms. The van der Waals surface area contributed by atoms with Gasteiger partial charge in [0.25, 0.3) is 0 Å². The number of ether oxygens (including phenoxy) is 1. The zero-order valence-electron chi connectivity index (χ0n) is 16.3. The summed E-state index contributed by atoms with van der Waals surface area (Å²) in [6, 6.07) is 6.08. The zero-order chi connectivity index (χ0) is 20.1. The van der Waals surface area contributed by atoms with Crippen LogP contribution in [-0.4, -0.2) is 39.2 Å². The first-order valence-electron chi connectivity index (χ1n) is 9.06. The van der Waals surface area contributed by atoms with E-state index in [-0.39, 0.29) is 0 Å². The second-order valence-electron chi connectivity index (χ2n) is 6.55. The molecule has 8 heteroatoms. The third-order valence-corrected chi connectivity index (χ3v) is 5.23. The number of aromatic nitrogens is 4. The molecule has 3 N–H and O–H groups in total. The summed E-state index contributed by atoms with van der Waals surface area (Å²) >= 11 is 1.48. The minimum absolute atomic E-state index is 0.369. The molecule has 28 heavy (non-hydrogen) atoms. The van der Waals surface area contributed by atoms with Gasteiger partial charge in [0, 0.05) is 23.0 Å². The van der Waals surface area contributed by atoms with E-state index in [0.29, 0.717) is 17.4 Å². The van der Waals surface area contributed by atoms with Crippen molar-refractivity contribution >= 4 is 28.7 Å². The van der Waals surface area contributed by atoms with Crippen molar-refractivity contribution in [2.45, 2.75) is 42.9 Å². The molecule has 0 saturated heterocycles. The molecule has 0 aliphatic carbocycles. The summed E-state index contributed by atoms with van der Waals surface area (Å²) in [5.41, 5.74) is 8.14. The van der Waals surface area contributed by atoms with Crippen molar-refractivity contribution in [2.24, 2.45) is 0 Å². The number of methoxy groups -OCH3 is 1. The van der Waals surface area contributed by atoms with Gasteiger partial charge >= 0.3 is 0 Å². The maximum absolute atomic E-state index is 6.03. The van der Waals surface area contributed by atoms with Gasteiger partial charge in [-0.1, -0.05) is 31.5 Å². The molecule has 0 amide bonds. The lowest BCUT2D eigenvalue weighted by atomic mass is 10.2. The number of hydrogen-bond acceptors (Lipinski definition) is 7. The predicted molar refractivity (Wildman–Crippen MR) is 113 cm³/mol. The summed E-state index contributed by atoms with van der Waals surface area (Å²) in [5.74, 6) is 3.83. The number of nitrogens with zero attached hydrogens (tertiary/aromatic N) is 4. The van der Waals surface area contributed by atoms with Crippen molar-refractivity contribution < 1.29 is 4.74 Å². The lowest BCUT2D eigenvalue weighted by molar-refractivity contribution is 0.413. The largest absolute Gasteiger partial charge is 0.497 e. The lowest BCUT2D eigenvalue weighted by Crippen LogP contribution is -2.24. The van der Waals surface area contributed by atoms with E-state index in [4.69, 9.17) is 21.9 Å². The molecule has 0 aliphatic heterocycles. The van der Waals surface area contributed by atoms with E-state index in [1.165, 1.54) is 18.1 Å². The van der Waals surface area contributed by atoms with Gasteiger partial charge in [0.15, 0.2) is 22.1 Å². The van der Waals surface area contributed by atoms with Gasteiger partial charge in [0.2, 0.25) is 0 Å². The highest BCUT2D eigenvalue weighted by molar-refractivity contribution is 7.99. The number of aryl methyl sites for hydroxylation is 1. The standard InChI is InChI=1S/C20H24N6OS/c1-5-14-7-8-15(27-4)11-16(14)28-20-25-17-18(21)23-12-24-19(17)26(20)10-6-9-22-13(2)3/h1,7-8,11-13,22H,6,9-10H2,2-4H3,(H2,21,23,24).